The van der Waals surface area contributed by atoms with Crippen LogP contribution in [0.25, 0.3) is 4.85 Å². The zero-order valence-corrected chi connectivity index (χ0v) is 9.59. The van der Waals surface area contributed by atoms with Gasteiger partial charge in [-0.05, 0) is 6.92 Å². The molecule has 0 saturated carbocycles. The lowest BCUT2D eigenvalue weighted by Crippen LogP contribution is -2.43. The Labute approximate surface area is 97.8 Å². The number of hydrogen-bond acceptors (Lipinski definition) is 6. The summed E-state index contributed by atoms with van der Waals surface area (Å²) in [5.41, 5.74) is -1.55. The van der Waals surface area contributed by atoms with E-state index in [0.717, 1.165) is 0 Å². The topological polar surface area (TPSA) is 93.4 Å². The summed E-state index contributed by atoms with van der Waals surface area (Å²) in [5, 5.41) is 12.5. The van der Waals surface area contributed by atoms with Crippen molar-refractivity contribution in [2.45, 2.75) is 25.3 Å². The molecule has 0 aliphatic carbocycles. The Balaban J connectivity index is 3.36. The van der Waals surface area contributed by atoms with Crippen molar-refractivity contribution in [1.29, 1.82) is 5.26 Å². The molecule has 7 nitrogen and oxygen atoms in total. The molecule has 17 heavy (non-hydrogen) atoms. The molecule has 0 fully saturated rings. The van der Waals surface area contributed by atoms with Gasteiger partial charge < -0.3 is 9.26 Å². The second kappa shape index (κ2) is 4.62. The van der Waals surface area contributed by atoms with Gasteiger partial charge in [-0.2, -0.15) is 10.2 Å². The van der Waals surface area contributed by atoms with E-state index in [0.29, 0.717) is 0 Å². The minimum absolute atomic E-state index is 0.0237. The molecule has 0 amide bonds. The molecule has 0 radical (unpaired) electrons. The lowest BCUT2D eigenvalue weighted by Gasteiger charge is -2.19. The molecule has 0 aliphatic heterocycles. The number of aromatic nitrogens is 2. The molecular weight excluding hydrogens is 224 g/mol. The minimum atomic E-state index is -1.55. The van der Waals surface area contributed by atoms with Crippen LogP contribution in [0, 0.1) is 24.8 Å². The van der Waals surface area contributed by atoms with Crippen LogP contribution in [0.5, 0.6) is 0 Å². The first kappa shape index (κ1) is 12.7. The van der Waals surface area contributed by atoms with Gasteiger partial charge in [0.05, 0.1) is 7.11 Å². The van der Waals surface area contributed by atoms with E-state index in [1.54, 1.807) is 13.0 Å². The Bertz CT molecular complexity index is 496. The Hall–Kier alpha value is -2.41. The third-order valence-electron chi connectivity index (χ3n) is 2.40. The number of ether oxygens (including phenoxy) is 1. The molecule has 0 N–H and O–H groups in total. The molecule has 7 heteroatoms. The highest BCUT2D eigenvalue weighted by atomic mass is 16.5. The molecule has 0 bridgehead atoms. The normalized spacial score (nSPS) is 15.1. The Morgan fingerprint density at radius 2 is 2.41 bits per heavy atom. The van der Waals surface area contributed by atoms with Crippen LogP contribution in [0.3, 0.4) is 0 Å². The van der Waals surface area contributed by atoms with Crippen LogP contribution >= 0.6 is 0 Å². The number of esters is 1. The third-order valence-corrected chi connectivity index (χ3v) is 2.40. The first-order chi connectivity index (χ1) is 8.00. The van der Waals surface area contributed by atoms with Crippen LogP contribution in [0.15, 0.2) is 4.52 Å². The molecule has 1 rings (SSSR count). The summed E-state index contributed by atoms with van der Waals surface area (Å²) in [6, 6.07) is 0.467. The van der Waals surface area contributed by atoms with E-state index < -0.39 is 17.4 Å². The minimum Gasteiger partial charge on any atom is -0.468 e. The first-order valence-corrected chi connectivity index (χ1v) is 4.66. The van der Waals surface area contributed by atoms with Gasteiger partial charge in [-0.25, -0.2) is 6.57 Å². The lowest BCUT2D eigenvalue weighted by molar-refractivity contribution is -0.147. The van der Waals surface area contributed by atoms with E-state index in [2.05, 4.69) is 19.7 Å². The molecule has 2 atom stereocenters. The quantitative estimate of drug-likeness (QED) is 0.562. The van der Waals surface area contributed by atoms with E-state index in [9.17, 15) is 4.79 Å². The van der Waals surface area contributed by atoms with Gasteiger partial charge in [0.2, 0.25) is 11.3 Å². The predicted octanol–water partition coefficient (Wildman–Crippen LogP) is 0.620. The average Bonchev–Trinajstić information content (AvgIpc) is 2.76. The third kappa shape index (κ3) is 1.95. The van der Waals surface area contributed by atoms with Gasteiger partial charge in [0.1, 0.15) is 0 Å². The van der Waals surface area contributed by atoms with E-state index in [4.69, 9.17) is 16.4 Å². The number of methoxy groups -OCH3 is 1. The van der Waals surface area contributed by atoms with Crippen molar-refractivity contribution in [1.82, 2.24) is 10.1 Å². The summed E-state index contributed by atoms with van der Waals surface area (Å²) in [6.07, 6.45) is 0. The Kier molecular flexibility index (Phi) is 3.44. The van der Waals surface area contributed by atoms with Crippen LogP contribution < -0.4 is 0 Å². The molecule has 0 spiro atoms. The van der Waals surface area contributed by atoms with Crippen LogP contribution in [-0.4, -0.2) is 29.3 Å². The van der Waals surface area contributed by atoms with Crippen molar-refractivity contribution in [2.75, 3.05) is 7.11 Å². The fourth-order valence-electron chi connectivity index (χ4n) is 1.33. The largest absolute Gasteiger partial charge is 0.468 e. The van der Waals surface area contributed by atoms with Gasteiger partial charge in [-0.15, -0.1) is 0 Å². The van der Waals surface area contributed by atoms with Crippen molar-refractivity contribution in [3.8, 4) is 6.07 Å². The first-order valence-electron chi connectivity index (χ1n) is 4.66. The molecule has 1 aromatic rings. The summed E-state index contributed by atoms with van der Waals surface area (Å²) in [4.78, 5) is 18.8. The number of hydrogen-bond donors (Lipinski definition) is 0. The fourth-order valence-corrected chi connectivity index (χ4v) is 1.33. The maximum absolute atomic E-state index is 11.8. The Morgan fingerprint density at radius 1 is 1.76 bits per heavy atom. The maximum Gasteiger partial charge on any atom is 0.330 e. The summed E-state index contributed by atoms with van der Waals surface area (Å²) in [5.74, 6) is -0.526. The monoisotopic (exact) mass is 234 g/mol. The summed E-state index contributed by atoms with van der Waals surface area (Å²) >= 11 is 0. The second-order valence-electron chi connectivity index (χ2n) is 3.49. The maximum atomic E-state index is 11.8. The van der Waals surface area contributed by atoms with Gasteiger partial charge in [-0.3, -0.25) is 9.64 Å². The van der Waals surface area contributed by atoms with Gasteiger partial charge >= 0.3 is 12.0 Å². The predicted molar refractivity (Wildman–Crippen MR) is 54.4 cm³/mol. The van der Waals surface area contributed by atoms with Gasteiger partial charge in [0.15, 0.2) is 11.9 Å². The van der Waals surface area contributed by atoms with E-state index in [1.165, 1.54) is 14.0 Å². The number of carbonyl (C=O) groups is 1. The highest BCUT2D eigenvalue weighted by Gasteiger charge is 2.53. The number of carbonyl (C=O) groups excluding carboxylic acids is 1. The van der Waals surface area contributed by atoms with Crippen molar-refractivity contribution >= 4 is 5.97 Å². The molecule has 0 saturated heterocycles. The highest BCUT2D eigenvalue weighted by molar-refractivity contribution is 5.83. The number of nitrogens with zero attached hydrogens (tertiary/aromatic N) is 4. The van der Waals surface area contributed by atoms with Crippen LogP contribution in [0.4, 0.5) is 0 Å². The van der Waals surface area contributed by atoms with Crippen molar-refractivity contribution in [3.63, 3.8) is 0 Å². The molecular formula is C10H10N4O3. The standard InChI is InChI=1S/C10H10N4O3/c1-6-13-8(14-17-6)10(2,9(15)16-4)7(5-11)12-3/h7H,1-2,4H3. The SMILES string of the molecule is [C-]#[N+]C(C#N)C(C)(C(=O)OC)c1noc(C)n1. The van der Waals surface area contributed by atoms with Crippen molar-refractivity contribution in [3.05, 3.63) is 23.1 Å². The van der Waals surface area contributed by atoms with Gasteiger partial charge in [-0.1, -0.05) is 5.16 Å². The number of rotatable bonds is 3. The summed E-state index contributed by atoms with van der Waals surface area (Å²) in [6.45, 7) is 9.88. The molecule has 1 aromatic heterocycles. The zero-order chi connectivity index (χ0) is 13.1. The number of nitriles is 1. The van der Waals surface area contributed by atoms with Gasteiger partial charge in [0, 0.05) is 6.92 Å². The lowest BCUT2D eigenvalue weighted by atomic mass is 9.82. The van der Waals surface area contributed by atoms with Crippen LogP contribution in [0.1, 0.15) is 18.6 Å². The van der Waals surface area contributed by atoms with Crippen molar-refractivity contribution in [2.24, 2.45) is 0 Å². The molecule has 88 valence electrons. The van der Waals surface area contributed by atoms with Gasteiger partial charge in [0.25, 0.3) is 0 Å². The van der Waals surface area contributed by atoms with E-state index in [-0.39, 0.29) is 11.7 Å². The summed E-state index contributed by atoms with van der Waals surface area (Å²) < 4.78 is 9.37. The molecule has 2 unspecified atom stereocenters. The fraction of sp³-hybridized carbons (Fsp3) is 0.500. The van der Waals surface area contributed by atoms with E-state index >= 15 is 0 Å². The molecule has 1 heterocycles. The van der Waals surface area contributed by atoms with Crippen LogP contribution in [-0.2, 0) is 14.9 Å². The van der Waals surface area contributed by atoms with E-state index in [1.807, 2.05) is 0 Å². The summed E-state index contributed by atoms with van der Waals surface area (Å²) in [7, 11) is 1.17. The zero-order valence-electron chi connectivity index (χ0n) is 9.59. The second-order valence-corrected chi connectivity index (χ2v) is 3.49. The molecule has 0 aromatic carbocycles. The average molecular weight is 234 g/mol. The smallest absolute Gasteiger partial charge is 0.330 e. The highest BCUT2D eigenvalue weighted by Crippen LogP contribution is 2.29. The Morgan fingerprint density at radius 3 is 2.76 bits per heavy atom. The molecule has 0 aliphatic rings. The van der Waals surface area contributed by atoms with Crippen molar-refractivity contribution < 1.29 is 14.1 Å². The number of aryl methyl sites for hydroxylation is 1. The van der Waals surface area contributed by atoms with Crippen LogP contribution in [0.2, 0.25) is 0 Å².